The van der Waals surface area contributed by atoms with Crippen molar-refractivity contribution in [3.63, 3.8) is 0 Å². The van der Waals surface area contributed by atoms with Crippen LogP contribution < -0.4 is 11.1 Å². The van der Waals surface area contributed by atoms with Crippen LogP contribution in [0.25, 0.3) is 11.1 Å². The number of fused-ring (bicyclic) bond motifs is 3. The van der Waals surface area contributed by atoms with Crippen LogP contribution in [0.2, 0.25) is 0 Å². The van der Waals surface area contributed by atoms with E-state index in [1.165, 1.54) is 19.4 Å². The number of carbonyl (C=O) groups is 2. The molecule has 1 aliphatic rings. The van der Waals surface area contributed by atoms with Crippen LogP contribution in [0.1, 0.15) is 45.5 Å². The van der Waals surface area contributed by atoms with E-state index in [0.717, 1.165) is 22.3 Å². The molecule has 0 aliphatic heterocycles. The second-order valence-electron chi connectivity index (χ2n) is 8.24. The van der Waals surface area contributed by atoms with Gasteiger partial charge in [0.15, 0.2) is 0 Å². The van der Waals surface area contributed by atoms with Gasteiger partial charge >= 0.3 is 12.1 Å². The number of anilines is 1. The lowest BCUT2D eigenvalue weighted by atomic mass is 9.98. The molecule has 182 valence electrons. The number of aromatic nitrogens is 1. The number of nitrogens with two attached hydrogens (primary N) is 1. The molecule has 2 unspecified atom stereocenters. The quantitative estimate of drug-likeness (QED) is 0.363. The predicted octanol–water partition coefficient (Wildman–Crippen LogP) is 2.77. The fraction of sp³-hybridized carbons (Fsp3) is 0.269. The van der Waals surface area contributed by atoms with Crippen molar-refractivity contribution in [2.45, 2.75) is 24.5 Å². The standard InChI is InChI=1S/C26H27N3O6/c1-34-25(32)15-12-20(24(27)29-13-15)23(31)22(30)10-11-28-26(33)35-14-21-18-8-4-2-6-16(18)17-7-3-5-9-19(17)21/h2-9,12-13,21-23,30-31H,10-11,14H2,1H3,(H2,27,29)(H,28,33). The first kappa shape index (κ1) is 24.2. The maximum Gasteiger partial charge on any atom is 0.407 e. The van der Waals surface area contributed by atoms with E-state index in [1.54, 1.807) is 0 Å². The summed E-state index contributed by atoms with van der Waals surface area (Å²) in [5, 5.41) is 23.4. The molecule has 5 N–H and O–H groups in total. The Morgan fingerprint density at radius 2 is 1.71 bits per heavy atom. The first-order valence-electron chi connectivity index (χ1n) is 11.2. The third-order valence-electron chi connectivity index (χ3n) is 6.11. The zero-order valence-electron chi connectivity index (χ0n) is 19.2. The fourth-order valence-corrected chi connectivity index (χ4v) is 4.30. The van der Waals surface area contributed by atoms with E-state index < -0.39 is 24.3 Å². The Morgan fingerprint density at radius 3 is 2.34 bits per heavy atom. The van der Waals surface area contributed by atoms with Gasteiger partial charge in [-0.2, -0.15) is 0 Å². The molecule has 4 rings (SSSR count). The van der Waals surface area contributed by atoms with Crippen molar-refractivity contribution in [2.24, 2.45) is 0 Å². The minimum absolute atomic E-state index is 0.0197. The zero-order valence-corrected chi connectivity index (χ0v) is 19.2. The molecule has 1 aromatic heterocycles. The molecule has 2 atom stereocenters. The van der Waals surface area contributed by atoms with Gasteiger partial charge in [-0.25, -0.2) is 14.6 Å². The Balaban J connectivity index is 1.30. The summed E-state index contributed by atoms with van der Waals surface area (Å²) in [6, 6.07) is 17.4. The largest absolute Gasteiger partial charge is 0.465 e. The number of nitrogens with zero attached hydrogens (tertiary/aromatic N) is 1. The highest BCUT2D eigenvalue weighted by Crippen LogP contribution is 2.44. The topological polar surface area (TPSA) is 144 Å². The third-order valence-corrected chi connectivity index (χ3v) is 6.11. The van der Waals surface area contributed by atoms with Gasteiger partial charge in [0.1, 0.15) is 18.5 Å². The minimum atomic E-state index is -1.41. The second-order valence-corrected chi connectivity index (χ2v) is 8.24. The highest BCUT2D eigenvalue weighted by molar-refractivity contribution is 5.89. The lowest BCUT2D eigenvalue weighted by Gasteiger charge is -2.20. The number of pyridine rings is 1. The monoisotopic (exact) mass is 477 g/mol. The molecule has 1 amide bonds. The first-order chi connectivity index (χ1) is 16.9. The van der Waals surface area contributed by atoms with Crippen LogP contribution in [-0.4, -0.2) is 53.6 Å². The van der Waals surface area contributed by atoms with Gasteiger partial charge in [-0.1, -0.05) is 48.5 Å². The lowest BCUT2D eigenvalue weighted by Crippen LogP contribution is -2.31. The normalized spacial score (nSPS) is 13.9. The van der Waals surface area contributed by atoms with Gasteiger partial charge in [0.05, 0.1) is 18.8 Å². The smallest absolute Gasteiger partial charge is 0.407 e. The molecular formula is C26H27N3O6. The summed E-state index contributed by atoms with van der Waals surface area (Å²) in [5.41, 5.74) is 10.5. The highest BCUT2D eigenvalue weighted by Gasteiger charge is 2.29. The van der Waals surface area contributed by atoms with Crippen LogP contribution in [0.4, 0.5) is 10.6 Å². The first-order valence-corrected chi connectivity index (χ1v) is 11.2. The number of amides is 1. The number of methoxy groups -OCH3 is 1. The van der Waals surface area contributed by atoms with Gasteiger partial charge in [-0.15, -0.1) is 0 Å². The van der Waals surface area contributed by atoms with Crippen molar-refractivity contribution in [1.82, 2.24) is 10.3 Å². The van der Waals surface area contributed by atoms with E-state index in [4.69, 9.17) is 10.5 Å². The molecule has 3 aromatic rings. The predicted molar refractivity (Wildman–Crippen MR) is 129 cm³/mol. The lowest BCUT2D eigenvalue weighted by molar-refractivity contribution is 0.0138. The average Bonchev–Trinajstić information content (AvgIpc) is 3.20. The molecule has 0 spiro atoms. The number of rotatable bonds is 8. The summed E-state index contributed by atoms with van der Waals surface area (Å²) < 4.78 is 10.1. The van der Waals surface area contributed by atoms with Crippen molar-refractivity contribution < 1.29 is 29.3 Å². The van der Waals surface area contributed by atoms with Crippen LogP contribution in [0.3, 0.4) is 0 Å². The van der Waals surface area contributed by atoms with E-state index in [2.05, 4.69) is 27.2 Å². The van der Waals surface area contributed by atoms with Crippen molar-refractivity contribution in [2.75, 3.05) is 26.0 Å². The number of benzene rings is 2. The van der Waals surface area contributed by atoms with E-state index in [-0.39, 0.29) is 42.4 Å². The number of nitrogens with one attached hydrogen (secondary N) is 1. The third kappa shape index (κ3) is 5.11. The number of aliphatic hydroxyl groups is 2. The van der Waals surface area contributed by atoms with Gasteiger partial charge in [0, 0.05) is 24.2 Å². The van der Waals surface area contributed by atoms with E-state index in [1.807, 2.05) is 36.4 Å². The van der Waals surface area contributed by atoms with Gasteiger partial charge in [0.25, 0.3) is 0 Å². The summed E-state index contributed by atoms with van der Waals surface area (Å²) in [5.74, 6) is -0.718. The molecule has 35 heavy (non-hydrogen) atoms. The van der Waals surface area contributed by atoms with Gasteiger partial charge in [0.2, 0.25) is 0 Å². The van der Waals surface area contributed by atoms with Crippen LogP contribution in [0.15, 0.2) is 60.8 Å². The van der Waals surface area contributed by atoms with Crippen molar-refractivity contribution in [1.29, 1.82) is 0 Å². The molecule has 0 fully saturated rings. The van der Waals surface area contributed by atoms with Crippen molar-refractivity contribution in [3.05, 3.63) is 83.0 Å². The number of alkyl carbamates (subject to hydrolysis) is 1. The minimum Gasteiger partial charge on any atom is -0.465 e. The number of carbonyl (C=O) groups excluding carboxylic acids is 2. The molecule has 0 bridgehead atoms. The van der Waals surface area contributed by atoms with Crippen LogP contribution in [0.5, 0.6) is 0 Å². The van der Waals surface area contributed by atoms with E-state index in [9.17, 15) is 19.8 Å². The van der Waals surface area contributed by atoms with E-state index >= 15 is 0 Å². The van der Waals surface area contributed by atoms with E-state index in [0.29, 0.717) is 0 Å². The number of hydrogen-bond donors (Lipinski definition) is 4. The Morgan fingerprint density at radius 1 is 1.09 bits per heavy atom. The Labute approximate surface area is 202 Å². The number of ether oxygens (including phenoxy) is 2. The number of nitrogen functional groups attached to an aromatic ring is 1. The SMILES string of the molecule is COC(=O)c1cnc(N)c(C(O)C(O)CCNC(=O)OCC2c3ccccc3-c3ccccc32)c1. The van der Waals surface area contributed by atoms with Crippen LogP contribution in [-0.2, 0) is 9.47 Å². The second kappa shape index (κ2) is 10.5. The Hall–Kier alpha value is -3.95. The molecule has 9 heteroatoms. The van der Waals surface area contributed by atoms with Gasteiger partial charge < -0.3 is 30.7 Å². The molecule has 1 aliphatic carbocycles. The summed E-state index contributed by atoms with van der Waals surface area (Å²) in [7, 11) is 1.22. The summed E-state index contributed by atoms with van der Waals surface area (Å²) in [4.78, 5) is 27.9. The van der Waals surface area contributed by atoms with Crippen molar-refractivity contribution in [3.8, 4) is 11.1 Å². The Kier molecular flexibility index (Phi) is 7.28. The molecule has 0 saturated carbocycles. The molecule has 1 heterocycles. The zero-order chi connectivity index (χ0) is 24.9. The van der Waals surface area contributed by atoms with Gasteiger partial charge in [-0.3, -0.25) is 0 Å². The van der Waals surface area contributed by atoms with Gasteiger partial charge in [-0.05, 0) is 34.7 Å². The molecule has 0 radical (unpaired) electrons. The number of hydrogen-bond acceptors (Lipinski definition) is 8. The Bertz CT molecular complexity index is 1190. The fourth-order valence-electron chi connectivity index (χ4n) is 4.30. The summed E-state index contributed by atoms with van der Waals surface area (Å²) in [6.07, 6.45) is -2.05. The van der Waals surface area contributed by atoms with Crippen molar-refractivity contribution >= 4 is 17.9 Å². The molecule has 0 saturated heterocycles. The average molecular weight is 478 g/mol. The van der Waals surface area contributed by atoms with Crippen LogP contribution in [0, 0.1) is 0 Å². The molecule has 9 nitrogen and oxygen atoms in total. The molecular weight excluding hydrogens is 450 g/mol. The maximum atomic E-state index is 12.3. The number of esters is 1. The van der Waals surface area contributed by atoms with Crippen LogP contribution >= 0.6 is 0 Å². The summed E-state index contributed by atoms with van der Waals surface area (Å²) in [6.45, 7) is 0.229. The molecule has 2 aromatic carbocycles. The summed E-state index contributed by atoms with van der Waals surface area (Å²) >= 11 is 0. The highest BCUT2D eigenvalue weighted by atomic mass is 16.5. The number of aliphatic hydroxyl groups excluding tert-OH is 2. The maximum absolute atomic E-state index is 12.3.